The molecule has 0 aliphatic carbocycles. The van der Waals surface area contributed by atoms with Gasteiger partial charge in [0.15, 0.2) is 0 Å². The molecule has 0 radical (unpaired) electrons. The summed E-state index contributed by atoms with van der Waals surface area (Å²) in [5.41, 5.74) is -1.20. The first-order chi connectivity index (χ1) is 8.05. The molecule has 0 aromatic carbocycles. The van der Waals surface area contributed by atoms with Crippen molar-refractivity contribution in [3.63, 3.8) is 0 Å². The highest BCUT2D eigenvalue weighted by molar-refractivity contribution is 5.83. The number of amides is 1. The number of nitrogens with zero attached hydrogens (tertiary/aromatic N) is 1. The van der Waals surface area contributed by atoms with E-state index in [1.54, 1.807) is 0 Å². The van der Waals surface area contributed by atoms with Crippen LogP contribution in [0.15, 0.2) is 0 Å². The molecule has 1 saturated heterocycles. The van der Waals surface area contributed by atoms with E-state index in [2.05, 4.69) is 0 Å². The lowest BCUT2D eigenvalue weighted by Gasteiger charge is -2.37. The second-order valence-corrected chi connectivity index (χ2v) is 4.78. The number of rotatable bonds is 1. The molecule has 1 rings (SSSR count). The van der Waals surface area contributed by atoms with Crippen LogP contribution in [0.2, 0.25) is 0 Å². The van der Waals surface area contributed by atoms with E-state index in [-0.39, 0.29) is 13.2 Å². The van der Waals surface area contributed by atoms with Crippen LogP contribution in [-0.4, -0.2) is 53.4 Å². The molecule has 0 spiro atoms. The Balaban J connectivity index is 3.01. The fraction of sp³-hybridized carbons (Fsp3) is 0.800. The van der Waals surface area contributed by atoms with Crippen LogP contribution in [0.3, 0.4) is 0 Å². The molecule has 1 unspecified atom stereocenters. The lowest BCUT2D eigenvalue weighted by Crippen LogP contribution is -2.55. The Kier molecular flexibility index (Phi) is 3.89. The molecule has 0 bridgehead atoms. The van der Waals surface area contributed by atoms with Gasteiger partial charge in [-0.1, -0.05) is 0 Å². The van der Waals surface area contributed by atoms with E-state index < -0.39 is 36.1 Å². The largest absolute Gasteiger partial charge is 0.481 e. The number of halogens is 3. The van der Waals surface area contributed by atoms with Gasteiger partial charge in [-0.05, 0) is 13.8 Å². The third-order valence-electron chi connectivity index (χ3n) is 2.74. The molecule has 1 aliphatic rings. The number of ether oxygens (including phenoxy) is 1. The zero-order valence-electron chi connectivity index (χ0n) is 9.95. The molecular formula is C10H14F3NO4. The van der Waals surface area contributed by atoms with E-state index in [0.717, 1.165) is 0 Å². The Hall–Kier alpha value is -1.31. The molecule has 1 atom stereocenters. The molecule has 0 aromatic rings. The Bertz CT molecular complexity index is 354. The highest BCUT2D eigenvalue weighted by atomic mass is 19.4. The summed E-state index contributed by atoms with van der Waals surface area (Å²) in [4.78, 5) is 22.7. The van der Waals surface area contributed by atoms with Gasteiger partial charge in [0, 0.05) is 6.54 Å². The van der Waals surface area contributed by atoms with Crippen LogP contribution in [0.1, 0.15) is 13.8 Å². The topological polar surface area (TPSA) is 66.8 Å². The number of carboxylic acid groups (broad SMARTS) is 1. The number of carbonyl (C=O) groups excluding carboxylic acids is 1. The van der Waals surface area contributed by atoms with Crippen molar-refractivity contribution in [1.82, 2.24) is 4.90 Å². The van der Waals surface area contributed by atoms with E-state index in [1.807, 2.05) is 0 Å². The first-order valence-corrected chi connectivity index (χ1v) is 5.25. The normalized spacial score (nSPS) is 24.5. The summed E-state index contributed by atoms with van der Waals surface area (Å²) in [6.45, 7) is 1.95. The van der Waals surface area contributed by atoms with Crippen molar-refractivity contribution in [3.8, 4) is 0 Å². The molecule has 1 amide bonds. The average Bonchev–Trinajstić information content (AvgIpc) is 2.34. The molecule has 0 saturated carbocycles. The first kappa shape index (κ1) is 14.7. The summed E-state index contributed by atoms with van der Waals surface area (Å²) in [6.07, 6.45) is -5.02. The minimum Gasteiger partial charge on any atom is -0.481 e. The van der Waals surface area contributed by atoms with Crippen molar-refractivity contribution in [1.29, 1.82) is 0 Å². The Morgan fingerprint density at radius 2 is 1.94 bits per heavy atom. The van der Waals surface area contributed by atoms with E-state index in [1.165, 1.54) is 13.8 Å². The second-order valence-electron chi connectivity index (χ2n) is 4.78. The quantitative estimate of drug-likeness (QED) is 0.767. The van der Waals surface area contributed by atoms with Gasteiger partial charge in [0.2, 0.25) is 0 Å². The van der Waals surface area contributed by atoms with E-state index in [0.29, 0.717) is 4.90 Å². The predicted octanol–water partition coefficient (Wildman–Crippen LogP) is 0.887. The van der Waals surface area contributed by atoms with Crippen molar-refractivity contribution < 1.29 is 32.6 Å². The lowest BCUT2D eigenvalue weighted by atomic mass is 10.0. The lowest BCUT2D eigenvalue weighted by molar-refractivity contribution is -0.191. The highest BCUT2D eigenvalue weighted by Crippen LogP contribution is 2.28. The number of carboxylic acids is 1. The van der Waals surface area contributed by atoms with Crippen LogP contribution >= 0.6 is 0 Å². The Morgan fingerprint density at radius 3 is 2.39 bits per heavy atom. The van der Waals surface area contributed by atoms with Crippen LogP contribution in [-0.2, 0) is 14.3 Å². The second kappa shape index (κ2) is 4.75. The van der Waals surface area contributed by atoms with Gasteiger partial charge in [-0.2, -0.15) is 13.2 Å². The zero-order valence-corrected chi connectivity index (χ0v) is 9.95. The summed E-state index contributed by atoms with van der Waals surface area (Å²) < 4.78 is 42.4. The fourth-order valence-corrected chi connectivity index (χ4v) is 1.71. The molecular weight excluding hydrogens is 255 g/mol. The molecule has 0 aromatic heterocycles. The molecule has 1 fully saturated rings. The van der Waals surface area contributed by atoms with Crippen LogP contribution in [0, 0.1) is 5.92 Å². The molecule has 1 heterocycles. The SMILES string of the molecule is CC1(C)COCC(C(=O)O)CN1C(=O)C(F)(F)F. The maximum atomic E-state index is 12.5. The summed E-state index contributed by atoms with van der Waals surface area (Å²) >= 11 is 0. The third-order valence-corrected chi connectivity index (χ3v) is 2.74. The van der Waals surface area contributed by atoms with Gasteiger partial charge in [-0.25, -0.2) is 0 Å². The van der Waals surface area contributed by atoms with Crippen molar-refractivity contribution in [2.45, 2.75) is 25.6 Å². The van der Waals surface area contributed by atoms with Crippen molar-refractivity contribution in [2.24, 2.45) is 5.92 Å². The van der Waals surface area contributed by atoms with Gasteiger partial charge >= 0.3 is 18.1 Å². The first-order valence-electron chi connectivity index (χ1n) is 5.25. The maximum absolute atomic E-state index is 12.5. The van der Waals surface area contributed by atoms with E-state index in [9.17, 15) is 22.8 Å². The van der Waals surface area contributed by atoms with Gasteiger partial charge in [0.25, 0.3) is 0 Å². The molecule has 104 valence electrons. The number of hydrogen-bond donors (Lipinski definition) is 1. The van der Waals surface area contributed by atoms with Crippen LogP contribution in [0.4, 0.5) is 13.2 Å². The molecule has 8 heteroatoms. The van der Waals surface area contributed by atoms with Gasteiger partial charge in [0.1, 0.15) is 0 Å². The molecule has 1 aliphatic heterocycles. The van der Waals surface area contributed by atoms with Crippen molar-refractivity contribution in [2.75, 3.05) is 19.8 Å². The number of hydrogen-bond acceptors (Lipinski definition) is 3. The number of alkyl halides is 3. The standard InChI is InChI=1S/C10H14F3NO4/c1-9(2)5-18-4-6(7(15)16)3-14(9)8(17)10(11,12)13/h6H,3-5H2,1-2H3,(H,15,16). The van der Waals surface area contributed by atoms with Gasteiger partial charge in [-0.15, -0.1) is 0 Å². The molecule has 18 heavy (non-hydrogen) atoms. The summed E-state index contributed by atoms with van der Waals surface area (Å²) in [5, 5.41) is 8.84. The van der Waals surface area contributed by atoms with Crippen LogP contribution in [0.5, 0.6) is 0 Å². The number of carbonyl (C=O) groups is 2. The Morgan fingerprint density at radius 1 is 1.39 bits per heavy atom. The fourth-order valence-electron chi connectivity index (χ4n) is 1.71. The van der Waals surface area contributed by atoms with E-state index >= 15 is 0 Å². The van der Waals surface area contributed by atoms with Crippen LogP contribution in [0.25, 0.3) is 0 Å². The maximum Gasteiger partial charge on any atom is 0.471 e. The summed E-state index contributed by atoms with van der Waals surface area (Å²) in [6, 6.07) is 0. The number of aliphatic carboxylic acids is 1. The molecule has 5 nitrogen and oxygen atoms in total. The summed E-state index contributed by atoms with van der Waals surface area (Å²) in [5.74, 6) is -4.48. The monoisotopic (exact) mass is 269 g/mol. The average molecular weight is 269 g/mol. The third kappa shape index (κ3) is 3.12. The van der Waals surface area contributed by atoms with Crippen molar-refractivity contribution in [3.05, 3.63) is 0 Å². The smallest absolute Gasteiger partial charge is 0.471 e. The minimum atomic E-state index is -5.02. The van der Waals surface area contributed by atoms with Crippen LogP contribution < -0.4 is 0 Å². The van der Waals surface area contributed by atoms with Gasteiger partial charge in [0.05, 0.1) is 24.7 Å². The minimum absolute atomic E-state index is 0.140. The van der Waals surface area contributed by atoms with Gasteiger partial charge < -0.3 is 14.7 Å². The van der Waals surface area contributed by atoms with Gasteiger partial charge in [-0.3, -0.25) is 9.59 Å². The Labute approximate surface area is 102 Å². The molecule has 1 N–H and O–H groups in total. The van der Waals surface area contributed by atoms with Crippen molar-refractivity contribution >= 4 is 11.9 Å². The van der Waals surface area contributed by atoms with E-state index in [4.69, 9.17) is 9.84 Å². The predicted molar refractivity (Wildman–Crippen MR) is 53.8 cm³/mol. The zero-order chi connectivity index (χ0) is 14.1. The highest BCUT2D eigenvalue weighted by Gasteiger charge is 2.49. The summed E-state index contributed by atoms with van der Waals surface area (Å²) in [7, 11) is 0.